The molecule has 150 valence electrons. The first-order chi connectivity index (χ1) is 13.2. The number of amides is 1. The van der Waals surface area contributed by atoms with Crippen LogP contribution in [0.25, 0.3) is 0 Å². The minimum atomic E-state index is -0.735. The third-order valence-corrected chi connectivity index (χ3v) is 4.70. The molecule has 1 saturated heterocycles. The number of hydrogen-bond acceptors (Lipinski definition) is 5. The van der Waals surface area contributed by atoms with E-state index in [9.17, 15) is 9.59 Å². The zero-order valence-corrected chi connectivity index (χ0v) is 16.3. The van der Waals surface area contributed by atoms with Gasteiger partial charge in [-0.05, 0) is 56.4 Å². The van der Waals surface area contributed by atoms with Gasteiger partial charge in [-0.2, -0.15) is 0 Å². The summed E-state index contributed by atoms with van der Waals surface area (Å²) in [7, 11) is 1.27. The number of benzene rings is 1. The molecular weight excluding hydrogens is 346 g/mol. The highest BCUT2D eigenvalue weighted by Gasteiger charge is 2.15. The minimum Gasteiger partial charge on any atom is -0.494 e. The Morgan fingerprint density at radius 3 is 2.22 bits per heavy atom. The number of carbonyl (C=O) groups excluding carboxylic acids is 2. The van der Waals surface area contributed by atoms with E-state index in [1.807, 2.05) is 4.90 Å². The van der Waals surface area contributed by atoms with E-state index in [4.69, 9.17) is 9.47 Å². The van der Waals surface area contributed by atoms with Crippen LogP contribution in [0.15, 0.2) is 24.3 Å². The number of ether oxygens (including phenoxy) is 3. The van der Waals surface area contributed by atoms with Crippen molar-refractivity contribution >= 4 is 12.1 Å². The first-order valence-corrected chi connectivity index (χ1v) is 9.95. The summed E-state index contributed by atoms with van der Waals surface area (Å²) >= 11 is 0. The Labute approximate surface area is 161 Å². The van der Waals surface area contributed by atoms with Gasteiger partial charge in [-0.1, -0.05) is 19.3 Å². The quantitative estimate of drug-likeness (QED) is 0.340. The highest BCUT2D eigenvalue weighted by atomic mass is 16.7. The number of hydrogen-bond donors (Lipinski definition) is 0. The lowest BCUT2D eigenvalue weighted by molar-refractivity contribution is -0.132. The van der Waals surface area contributed by atoms with Crippen LogP contribution in [0.1, 0.15) is 57.8 Å². The molecule has 0 aromatic heterocycles. The van der Waals surface area contributed by atoms with Crippen molar-refractivity contribution < 1.29 is 23.8 Å². The monoisotopic (exact) mass is 377 g/mol. The number of rotatable bonds is 10. The Kier molecular flexibility index (Phi) is 9.52. The summed E-state index contributed by atoms with van der Waals surface area (Å²) in [5, 5.41) is 0. The van der Waals surface area contributed by atoms with Gasteiger partial charge in [-0.15, -0.1) is 0 Å². The summed E-state index contributed by atoms with van der Waals surface area (Å²) in [4.78, 5) is 25.1. The molecule has 1 amide bonds. The third-order valence-electron chi connectivity index (χ3n) is 4.70. The van der Waals surface area contributed by atoms with Gasteiger partial charge in [0, 0.05) is 19.5 Å². The van der Waals surface area contributed by atoms with Crippen molar-refractivity contribution in [2.45, 2.75) is 57.8 Å². The maximum absolute atomic E-state index is 12.1. The molecular formula is C21H31NO5. The topological polar surface area (TPSA) is 65.1 Å². The average Bonchev–Trinajstić information content (AvgIpc) is 2.71. The van der Waals surface area contributed by atoms with E-state index in [1.165, 1.54) is 13.5 Å². The lowest BCUT2D eigenvalue weighted by Crippen LogP contribution is -2.35. The van der Waals surface area contributed by atoms with Gasteiger partial charge in [0.2, 0.25) is 5.91 Å². The molecule has 0 aliphatic carbocycles. The number of likely N-dealkylation sites (tertiary alicyclic amines) is 1. The van der Waals surface area contributed by atoms with Crippen LogP contribution in [-0.2, 0) is 9.53 Å². The average molecular weight is 377 g/mol. The fourth-order valence-electron chi connectivity index (χ4n) is 3.14. The van der Waals surface area contributed by atoms with E-state index >= 15 is 0 Å². The minimum absolute atomic E-state index is 0.331. The Bertz CT molecular complexity index is 566. The predicted molar refractivity (Wildman–Crippen MR) is 103 cm³/mol. The smallest absolute Gasteiger partial charge is 0.494 e. The fraction of sp³-hybridized carbons (Fsp3) is 0.619. The normalized spacial score (nSPS) is 13.9. The second-order valence-corrected chi connectivity index (χ2v) is 6.84. The molecule has 1 heterocycles. The van der Waals surface area contributed by atoms with Gasteiger partial charge in [0.1, 0.15) is 11.5 Å². The molecule has 2 rings (SSSR count). The molecule has 1 aliphatic heterocycles. The summed E-state index contributed by atoms with van der Waals surface area (Å²) in [6.07, 6.45) is 8.83. The van der Waals surface area contributed by atoms with Gasteiger partial charge < -0.3 is 19.1 Å². The van der Waals surface area contributed by atoms with Crippen LogP contribution in [-0.4, -0.2) is 43.8 Å². The summed E-state index contributed by atoms with van der Waals surface area (Å²) in [6.45, 7) is 2.56. The molecule has 0 saturated carbocycles. The van der Waals surface area contributed by atoms with Crippen molar-refractivity contribution in [3.8, 4) is 11.5 Å². The predicted octanol–water partition coefficient (Wildman–Crippen LogP) is 4.56. The molecule has 1 fully saturated rings. The van der Waals surface area contributed by atoms with Crippen LogP contribution in [0.5, 0.6) is 11.5 Å². The molecule has 1 aromatic rings. The van der Waals surface area contributed by atoms with Gasteiger partial charge in [0.15, 0.2) is 0 Å². The van der Waals surface area contributed by atoms with E-state index in [2.05, 4.69) is 4.74 Å². The van der Waals surface area contributed by atoms with Crippen molar-refractivity contribution in [1.29, 1.82) is 0 Å². The Morgan fingerprint density at radius 2 is 1.52 bits per heavy atom. The van der Waals surface area contributed by atoms with Crippen LogP contribution in [0.2, 0.25) is 0 Å². The fourth-order valence-corrected chi connectivity index (χ4v) is 3.14. The molecule has 1 aromatic carbocycles. The van der Waals surface area contributed by atoms with Crippen molar-refractivity contribution in [2.24, 2.45) is 0 Å². The van der Waals surface area contributed by atoms with Crippen LogP contribution < -0.4 is 9.47 Å². The lowest BCUT2D eigenvalue weighted by atomic mass is 10.1. The second-order valence-electron chi connectivity index (χ2n) is 6.84. The molecule has 0 radical (unpaired) electrons. The molecule has 6 heteroatoms. The Hall–Kier alpha value is -2.24. The van der Waals surface area contributed by atoms with E-state index in [-0.39, 0.29) is 0 Å². The van der Waals surface area contributed by atoms with Crippen molar-refractivity contribution in [3.63, 3.8) is 0 Å². The van der Waals surface area contributed by atoms with E-state index in [0.717, 1.165) is 63.8 Å². The molecule has 1 aliphatic rings. The van der Waals surface area contributed by atoms with Gasteiger partial charge in [-0.25, -0.2) is 4.79 Å². The van der Waals surface area contributed by atoms with Crippen molar-refractivity contribution in [1.82, 2.24) is 4.90 Å². The molecule has 0 N–H and O–H groups in total. The Balaban J connectivity index is 1.47. The van der Waals surface area contributed by atoms with Gasteiger partial charge in [0.05, 0.1) is 13.7 Å². The van der Waals surface area contributed by atoms with E-state index in [0.29, 0.717) is 24.7 Å². The van der Waals surface area contributed by atoms with Gasteiger partial charge >= 0.3 is 6.16 Å². The molecule has 6 nitrogen and oxygen atoms in total. The molecule has 0 bridgehead atoms. The van der Waals surface area contributed by atoms with Crippen LogP contribution in [0, 0.1) is 0 Å². The number of methoxy groups -OCH3 is 1. The summed E-state index contributed by atoms with van der Waals surface area (Å²) in [5.41, 5.74) is 0. The molecule has 27 heavy (non-hydrogen) atoms. The highest BCUT2D eigenvalue weighted by molar-refractivity contribution is 5.76. The van der Waals surface area contributed by atoms with Crippen LogP contribution in [0.4, 0.5) is 4.79 Å². The summed E-state index contributed by atoms with van der Waals surface area (Å²) in [6, 6.07) is 6.88. The van der Waals surface area contributed by atoms with E-state index < -0.39 is 6.16 Å². The molecule has 0 unspecified atom stereocenters. The maximum Gasteiger partial charge on any atom is 0.513 e. The highest BCUT2D eigenvalue weighted by Crippen LogP contribution is 2.18. The largest absolute Gasteiger partial charge is 0.513 e. The maximum atomic E-state index is 12.1. The summed E-state index contributed by atoms with van der Waals surface area (Å²) in [5.74, 6) is 1.50. The zero-order valence-electron chi connectivity index (χ0n) is 16.3. The Morgan fingerprint density at radius 1 is 0.889 bits per heavy atom. The number of unbranched alkanes of at least 4 members (excludes halogenated alkanes) is 4. The zero-order chi connectivity index (χ0) is 19.3. The SMILES string of the molecule is COC(=O)Oc1ccc(OCCCCCCCC(=O)N2CCCCC2)cc1. The van der Waals surface area contributed by atoms with Crippen LogP contribution in [0.3, 0.4) is 0 Å². The van der Waals surface area contributed by atoms with Gasteiger partial charge in [0.25, 0.3) is 0 Å². The number of nitrogens with zero attached hydrogens (tertiary/aromatic N) is 1. The van der Waals surface area contributed by atoms with Gasteiger partial charge in [-0.3, -0.25) is 4.79 Å². The van der Waals surface area contributed by atoms with E-state index in [1.54, 1.807) is 24.3 Å². The van der Waals surface area contributed by atoms with Crippen molar-refractivity contribution in [2.75, 3.05) is 26.8 Å². The molecule has 0 spiro atoms. The third kappa shape index (κ3) is 8.33. The lowest BCUT2D eigenvalue weighted by Gasteiger charge is -2.26. The first kappa shape index (κ1) is 21.1. The number of carbonyl (C=O) groups is 2. The molecule has 0 atom stereocenters. The second kappa shape index (κ2) is 12.2. The van der Waals surface area contributed by atoms with Crippen LogP contribution >= 0.6 is 0 Å². The van der Waals surface area contributed by atoms with Crippen molar-refractivity contribution in [3.05, 3.63) is 24.3 Å². The standard InChI is InChI=1S/C21H31NO5/c1-25-21(24)27-19-13-11-18(12-14-19)26-17-9-4-2-3-6-10-20(23)22-15-7-5-8-16-22/h11-14H,2-10,15-17H2,1H3. The summed E-state index contributed by atoms with van der Waals surface area (Å²) < 4.78 is 15.0. The first-order valence-electron chi connectivity index (χ1n) is 9.95. The number of piperidine rings is 1.